The van der Waals surface area contributed by atoms with Crippen LogP contribution < -0.4 is 10.1 Å². The second-order valence-electron chi connectivity index (χ2n) is 3.95. The maximum Gasteiger partial charge on any atom is 0.119 e. The van der Waals surface area contributed by atoms with Crippen LogP contribution in [-0.4, -0.2) is 44.2 Å². The van der Waals surface area contributed by atoms with Crippen LogP contribution in [0.3, 0.4) is 0 Å². The number of para-hydroxylation sites is 1. The molecule has 0 saturated carbocycles. The van der Waals surface area contributed by atoms with Crippen molar-refractivity contribution in [2.24, 2.45) is 0 Å². The fraction of sp³-hybridized carbons (Fsp3) is 0.500. The molecule has 1 heterocycles. The number of nitrogens with one attached hydrogen (secondary N) is 1. The van der Waals surface area contributed by atoms with Gasteiger partial charge in [-0.15, -0.1) is 0 Å². The van der Waals surface area contributed by atoms with E-state index < -0.39 is 0 Å². The second-order valence-corrected chi connectivity index (χ2v) is 3.95. The lowest BCUT2D eigenvalue weighted by molar-refractivity contribution is 0.151. The van der Waals surface area contributed by atoms with Gasteiger partial charge in [-0.2, -0.15) is 0 Å². The summed E-state index contributed by atoms with van der Waals surface area (Å²) in [5.74, 6) is 0.956. The fourth-order valence-corrected chi connectivity index (χ4v) is 1.59. The molecule has 0 radical (unpaired) electrons. The molecule has 1 fully saturated rings. The SMILES string of the molecule is CN(CCOc1ccccc1)C1CNC1. The van der Waals surface area contributed by atoms with Gasteiger partial charge in [0.2, 0.25) is 0 Å². The van der Waals surface area contributed by atoms with E-state index in [-0.39, 0.29) is 0 Å². The van der Waals surface area contributed by atoms with Crippen molar-refractivity contribution in [3.8, 4) is 5.75 Å². The Morgan fingerprint density at radius 2 is 2.07 bits per heavy atom. The van der Waals surface area contributed by atoms with E-state index in [1.807, 2.05) is 30.3 Å². The van der Waals surface area contributed by atoms with Gasteiger partial charge < -0.3 is 10.1 Å². The standard InChI is InChI=1S/C12H18N2O/c1-14(11-9-13-10-11)7-8-15-12-5-3-2-4-6-12/h2-6,11,13H,7-10H2,1H3. The van der Waals surface area contributed by atoms with E-state index in [0.29, 0.717) is 6.04 Å². The monoisotopic (exact) mass is 206 g/mol. The number of nitrogens with zero attached hydrogens (tertiary/aromatic N) is 1. The first-order valence-electron chi connectivity index (χ1n) is 5.45. The van der Waals surface area contributed by atoms with Crippen LogP contribution >= 0.6 is 0 Å². The summed E-state index contributed by atoms with van der Waals surface area (Å²) in [6, 6.07) is 10.7. The van der Waals surface area contributed by atoms with Crippen LogP contribution in [0.2, 0.25) is 0 Å². The molecule has 1 N–H and O–H groups in total. The molecule has 1 aromatic rings. The van der Waals surface area contributed by atoms with Gasteiger partial charge >= 0.3 is 0 Å². The summed E-state index contributed by atoms with van der Waals surface area (Å²) in [6.45, 7) is 3.97. The van der Waals surface area contributed by atoms with Crippen LogP contribution in [0, 0.1) is 0 Å². The van der Waals surface area contributed by atoms with E-state index in [9.17, 15) is 0 Å². The van der Waals surface area contributed by atoms with E-state index in [1.54, 1.807) is 0 Å². The predicted molar refractivity (Wildman–Crippen MR) is 61.2 cm³/mol. The summed E-state index contributed by atoms with van der Waals surface area (Å²) in [5.41, 5.74) is 0. The Hall–Kier alpha value is -1.06. The Balaban J connectivity index is 1.66. The fourth-order valence-electron chi connectivity index (χ4n) is 1.59. The molecule has 1 saturated heterocycles. The van der Waals surface area contributed by atoms with E-state index in [4.69, 9.17) is 4.74 Å². The Bertz CT molecular complexity index is 285. The zero-order valence-corrected chi connectivity index (χ0v) is 9.15. The maximum absolute atomic E-state index is 5.63. The molecule has 15 heavy (non-hydrogen) atoms. The average molecular weight is 206 g/mol. The lowest BCUT2D eigenvalue weighted by Gasteiger charge is -2.35. The van der Waals surface area contributed by atoms with Crippen molar-refractivity contribution in [3.05, 3.63) is 30.3 Å². The Kier molecular flexibility index (Phi) is 3.59. The number of hydrogen-bond acceptors (Lipinski definition) is 3. The molecule has 3 nitrogen and oxygen atoms in total. The lowest BCUT2D eigenvalue weighted by Crippen LogP contribution is -2.56. The molecule has 2 rings (SSSR count). The molecule has 1 aliphatic heterocycles. The molecule has 0 bridgehead atoms. The van der Waals surface area contributed by atoms with Crippen molar-refractivity contribution < 1.29 is 4.74 Å². The molecule has 1 aromatic carbocycles. The highest BCUT2D eigenvalue weighted by molar-refractivity contribution is 5.20. The number of benzene rings is 1. The molecular formula is C12H18N2O. The van der Waals surface area contributed by atoms with Gasteiger partial charge in [0.1, 0.15) is 12.4 Å². The van der Waals surface area contributed by atoms with Crippen molar-refractivity contribution in [3.63, 3.8) is 0 Å². The van der Waals surface area contributed by atoms with Crippen LogP contribution in [0.25, 0.3) is 0 Å². The van der Waals surface area contributed by atoms with Gasteiger partial charge in [-0.1, -0.05) is 18.2 Å². The molecule has 3 heteroatoms. The third kappa shape index (κ3) is 2.94. The van der Waals surface area contributed by atoms with Gasteiger partial charge in [-0.25, -0.2) is 0 Å². The molecule has 0 spiro atoms. The van der Waals surface area contributed by atoms with Crippen LogP contribution in [-0.2, 0) is 0 Å². The molecule has 0 aromatic heterocycles. The van der Waals surface area contributed by atoms with Crippen molar-refractivity contribution in [1.29, 1.82) is 0 Å². The molecule has 82 valence electrons. The Morgan fingerprint density at radius 1 is 1.33 bits per heavy atom. The minimum atomic E-state index is 0.698. The van der Waals surface area contributed by atoms with Crippen LogP contribution in [0.15, 0.2) is 30.3 Å². The Morgan fingerprint density at radius 3 is 2.67 bits per heavy atom. The summed E-state index contributed by atoms with van der Waals surface area (Å²) in [6.07, 6.45) is 0. The molecule has 0 atom stereocenters. The Labute approximate surface area is 91.0 Å². The number of ether oxygens (including phenoxy) is 1. The first-order chi connectivity index (χ1) is 7.36. The zero-order chi connectivity index (χ0) is 10.5. The van der Waals surface area contributed by atoms with E-state index in [0.717, 1.165) is 32.0 Å². The van der Waals surface area contributed by atoms with Crippen LogP contribution in [0.5, 0.6) is 5.75 Å². The minimum absolute atomic E-state index is 0.698. The lowest BCUT2D eigenvalue weighted by atomic mass is 10.1. The molecule has 0 amide bonds. The number of likely N-dealkylation sites (N-methyl/N-ethyl adjacent to an activating group) is 1. The first kappa shape index (κ1) is 10.5. The van der Waals surface area contributed by atoms with Crippen molar-refractivity contribution in [2.45, 2.75) is 6.04 Å². The molecule has 1 aliphatic rings. The summed E-state index contributed by atoms with van der Waals surface area (Å²) in [4.78, 5) is 2.35. The van der Waals surface area contributed by atoms with Gasteiger partial charge in [0.05, 0.1) is 0 Å². The van der Waals surface area contributed by atoms with E-state index >= 15 is 0 Å². The van der Waals surface area contributed by atoms with Gasteiger partial charge in [-0.3, -0.25) is 4.90 Å². The third-order valence-electron chi connectivity index (χ3n) is 2.84. The van der Waals surface area contributed by atoms with Gasteiger partial charge in [0.15, 0.2) is 0 Å². The molecule has 0 unspecified atom stereocenters. The van der Waals surface area contributed by atoms with Crippen molar-refractivity contribution >= 4 is 0 Å². The van der Waals surface area contributed by atoms with Crippen LogP contribution in [0.4, 0.5) is 0 Å². The highest BCUT2D eigenvalue weighted by atomic mass is 16.5. The largest absolute Gasteiger partial charge is 0.492 e. The summed E-state index contributed by atoms with van der Waals surface area (Å²) < 4.78 is 5.63. The zero-order valence-electron chi connectivity index (χ0n) is 9.15. The molecular weight excluding hydrogens is 188 g/mol. The normalized spacial score (nSPS) is 16.4. The summed E-state index contributed by atoms with van der Waals surface area (Å²) in [7, 11) is 2.15. The van der Waals surface area contributed by atoms with Gasteiger partial charge in [-0.05, 0) is 19.2 Å². The first-order valence-corrected chi connectivity index (χ1v) is 5.45. The van der Waals surface area contributed by atoms with Crippen LogP contribution in [0.1, 0.15) is 0 Å². The second kappa shape index (κ2) is 5.14. The third-order valence-corrected chi connectivity index (χ3v) is 2.84. The smallest absolute Gasteiger partial charge is 0.119 e. The maximum atomic E-state index is 5.63. The van der Waals surface area contributed by atoms with Crippen molar-refractivity contribution in [2.75, 3.05) is 33.3 Å². The highest BCUT2D eigenvalue weighted by Gasteiger charge is 2.20. The van der Waals surface area contributed by atoms with Gasteiger partial charge in [0.25, 0.3) is 0 Å². The van der Waals surface area contributed by atoms with E-state index in [2.05, 4.69) is 17.3 Å². The minimum Gasteiger partial charge on any atom is -0.492 e. The van der Waals surface area contributed by atoms with Crippen molar-refractivity contribution in [1.82, 2.24) is 10.2 Å². The summed E-state index contributed by atoms with van der Waals surface area (Å²) in [5, 5.41) is 3.27. The number of rotatable bonds is 5. The topological polar surface area (TPSA) is 24.5 Å². The quantitative estimate of drug-likeness (QED) is 0.777. The summed E-state index contributed by atoms with van der Waals surface area (Å²) >= 11 is 0. The van der Waals surface area contributed by atoms with E-state index in [1.165, 1.54) is 0 Å². The number of hydrogen-bond donors (Lipinski definition) is 1. The predicted octanol–water partition coefficient (Wildman–Crippen LogP) is 0.969. The highest BCUT2D eigenvalue weighted by Crippen LogP contribution is 2.08. The average Bonchev–Trinajstić information content (AvgIpc) is 2.16. The molecule has 0 aliphatic carbocycles. The van der Waals surface area contributed by atoms with Gasteiger partial charge in [0, 0.05) is 25.7 Å².